The summed E-state index contributed by atoms with van der Waals surface area (Å²) in [6.07, 6.45) is 2.05. The molecule has 0 bridgehead atoms. The summed E-state index contributed by atoms with van der Waals surface area (Å²) in [5, 5.41) is 6.78. The van der Waals surface area contributed by atoms with Crippen LogP contribution in [0.4, 0.5) is 16.2 Å². The van der Waals surface area contributed by atoms with E-state index in [-0.39, 0.29) is 11.9 Å². The van der Waals surface area contributed by atoms with E-state index in [0.29, 0.717) is 17.1 Å². The maximum absolute atomic E-state index is 13.5. The number of H-pyrrole nitrogens is 1. The molecule has 1 fully saturated rings. The molecule has 0 radical (unpaired) electrons. The Hall–Kier alpha value is -4.06. The highest BCUT2D eigenvalue weighted by Crippen LogP contribution is 2.37. The Balaban J connectivity index is 1.57. The molecular weight excluding hydrogens is 424 g/mol. The molecule has 34 heavy (non-hydrogen) atoms. The summed E-state index contributed by atoms with van der Waals surface area (Å²) in [6, 6.07) is 21.3. The van der Waals surface area contributed by atoms with Crippen molar-refractivity contribution < 1.29 is 9.59 Å². The monoisotopic (exact) mass is 452 g/mol. The van der Waals surface area contributed by atoms with E-state index in [0.717, 1.165) is 59.1 Å². The number of aromatic amines is 1. The van der Waals surface area contributed by atoms with Crippen LogP contribution in [0.2, 0.25) is 0 Å². The number of fused-ring (bicyclic) bond motifs is 1. The summed E-state index contributed by atoms with van der Waals surface area (Å²) in [5.74, 6) is 0.000244. The molecule has 1 aromatic heterocycles. The molecule has 1 saturated heterocycles. The second-order valence-electron chi connectivity index (χ2n) is 8.92. The Bertz CT molecular complexity index is 1350. The van der Waals surface area contributed by atoms with Crippen molar-refractivity contribution in [2.24, 2.45) is 0 Å². The van der Waals surface area contributed by atoms with Crippen molar-refractivity contribution in [1.82, 2.24) is 9.88 Å². The number of aromatic nitrogens is 1. The van der Waals surface area contributed by atoms with Gasteiger partial charge in [0.15, 0.2) is 0 Å². The third-order valence-corrected chi connectivity index (χ3v) is 6.28. The summed E-state index contributed by atoms with van der Waals surface area (Å²) in [6.45, 7) is 5.53. The fourth-order valence-electron chi connectivity index (χ4n) is 4.60. The zero-order chi connectivity index (χ0) is 23.7. The van der Waals surface area contributed by atoms with Crippen LogP contribution in [-0.2, 0) is 0 Å². The highest BCUT2D eigenvalue weighted by molar-refractivity contribution is 6.14. The zero-order valence-corrected chi connectivity index (χ0v) is 19.4. The average molecular weight is 453 g/mol. The van der Waals surface area contributed by atoms with Gasteiger partial charge in [0, 0.05) is 29.7 Å². The molecule has 4 aromatic rings. The van der Waals surface area contributed by atoms with Crippen molar-refractivity contribution in [2.75, 3.05) is 23.7 Å². The van der Waals surface area contributed by atoms with Crippen molar-refractivity contribution in [3.63, 3.8) is 0 Å². The quantitative estimate of drug-likeness (QED) is 0.338. The number of nitrogens with one attached hydrogen (secondary N) is 3. The van der Waals surface area contributed by atoms with Crippen molar-refractivity contribution in [2.45, 2.75) is 26.7 Å². The van der Waals surface area contributed by atoms with Gasteiger partial charge in [-0.25, -0.2) is 4.79 Å². The van der Waals surface area contributed by atoms with Crippen LogP contribution in [0.15, 0.2) is 66.7 Å². The minimum Gasteiger partial charge on any atom is -0.348 e. The molecule has 3 amide bonds. The third-order valence-electron chi connectivity index (χ3n) is 6.28. The predicted octanol–water partition coefficient (Wildman–Crippen LogP) is 6.33. The topological polar surface area (TPSA) is 77.2 Å². The molecule has 0 unspecified atom stereocenters. The molecular formula is C28H28N4O2. The van der Waals surface area contributed by atoms with E-state index >= 15 is 0 Å². The lowest BCUT2D eigenvalue weighted by atomic mass is 9.99. The van der Waals surface area contributed by atoms with Gasteiger partial charge < -0.3 is 20.5 Å². The third kappa shape index (κ3) is 4.27. The largest absolute Gasteiger partial charge is 0.348 e. The number of nitrogens with zero attached hydrogens (tertiary/aromatic N) is 1. The normalized spacial score (nSPS) is 13.3. The molecule has 0 saturated carbocycles. The molecule has 2 heterocycles. The van der Waals surface area contributed by atoms with Crippen molar-refractivity contribution in [3.05, 3.63) is 83.6 Å². The van der Waals surface area contributed by atoms with Gasteiger partial charge in [0.1, 0.15) is 5.69 Å². The van der Waals surface area contributed by atoms with E-state index in [4.69, 9.17) is 0 Å². The van der Waals surface area contributed by atoms with Crippen LogP contribution in [0, 0.1) is 13.8 Å². The zero-order valence-electron chi connectivity index (χ0n) is 19.4. The van der Waals surface area contributed by atoms with Crippen LogP contribution in [-0.4, -0.2) is 34.9 Å². The molecule has 1 aliphatic rings. The number of rotatable bonds is 4. The first kappa shape index (κ1) is 21.8. The van der Waals surface area contributed by atoms with Crippen LogP contribution >= 0.6 is 0 Å². The Morgan fingerprint density at radius 3 is 2.26 bits per heavy atom. The first-order valence-electron chi connectivity index (χ1n) is 11.7. The van der Waals surface area contributed by atoms with Crippen molar-refractivity contribution in [1.29, 1.82) is 0 Å². The van der Waals surface area contributed by atoms with Crippen LogP contribution in [0.3, 0.4) is 0 Å². The molecule has 6 nitrogen and oxygen atoms in total. The number of anilines is 2. The predicted molar refractivity (Wildman–Crippen MR) is 137 cm³/mol. The summed E-state index contributed by atoms with van der Waals surface area (Å²) in [7, 11) is 0. The van der Waals surface area contributed by atoms with Gasteiger partial charge in [0.25, 0.3) is 5.91 Å². The second kappa shape index (κ2) is 9.06. The van der Waals surface area contributed by atoms with Gasteiger partial charge in [-0.15, -0.1) is 0 Å². The number of amides is 3. The van der Waals surface area contributed by atoms with Crippen molar-refractivity contribution >= 4 is 34.2 Å². The molecule has 172 valence electrons. The Kier molecular flexibility index (Phi) is 5.80. The van der Waals surface area contributed by atoms with Gasteiger partial charge in [-0.2, -0.15) is 0 Å². The van der Waals surface area contributed by atoms with E-state index < -0.39 is 0 Å². The van der Waals surface area contributed by atoms with E-state index in [1.165, 1.54) is 0 Å². The average Bonchev–Trinajstić information content (AvgIpc) is 3.49. The molecule has 0 aliphatic carbocycles. The fourth-order valence-corrected chi connectivity index (χ4v) is 4.60. The van der Waals surface area contributed by atoms with Crippen molar-refractivity contribution in [3.8, 4) is 11.1 Å². The number of benzene rings is 3. The summed E-state index contributed by atoms with van der Waals surface area (Å²) >= 11 is 0. The van der Waals surface area contributed by atoms with E-state index in [1.54, 1.807) is 0 Å². The number of carbonyl (C=O) groups is 2. The van der Waals surface area contributed by atoms with Gasteiger partial charge in [0.2, 0.25) is 0 Å². The number of urea groups is 1. The minimum atomic E-state index is -0.334. The summed E-state index contributed by atoms with van der Waals surface area (Å²) in [5.41, 5.74) is 6.62. The number of carbonyl (C=O) groups excluding carboxylic acids is 2. The van der Waals surface area contributed by atoms with Gasteiger partial charge in [0.05, 0.1) is 11.2 Å². The standard InChI is InChI=1S/C28H28N4O2/c1-18-10-12-21(13-11-18)29-28(34)30-23-17-19(2)16-22-24(20-8-4-3-5-9-20)26(31-25(22)23)27(33)32-14-6-7-15-32/h3-5,8-13,16-17,31H,6-7,14-15H2,1-2H3,(H2,29,30,34). The van der Waals surface area contributed by atoms with Crippen LogP contribution in [0.1, 0.15) is 34.5 Å². The smallest absolute Gasteiger partial charge is 0.323 e. The SMILES string of the molecule is Cc1ccc(NC(=O)Nc2cc(C)cc3c(-c4ccccc4)c(C(=O)N4CCCC4)[nH]c23)cc1. The first-order valence-corrected chi connectivity index (χ1v) is 11.7. The maximum Gasteiger partial charge on any atom is 0.323 e. The molecule has 0 atom stereocenters. The summed E-state index contributed by atoms with van der Waals surface area (Å²) in [4.78, 5) is 31.6. The van der Waals surface area contributed by atoms with E-state index in [1.807, 2.05) is 79.4 Å². The first-order chi connectivity index (χ1) is 16.5. The lowest BCUT2D eigenvalue weighted by molar-refractivity contribution is 0.0788. The Labute approximate surface area is 199 Å². The molecule has 0 spiro atoms. The molecule has 1 aliphatic heterocycles. The molecule has 3 N–H and O–H groups in total. The minimum absolute atomic E-state index is 0.000244. The maximum atomic E-state index is 13.5. The number of aryl methyl sites for hydroxylation is 2. The van der Waals surface area contributed by atoms with Gasteiger partial charge in [-0.3, -0.25) is 4.79 Å². The second-order valence-corrected chi connectivity index (χ2v) is 8.92. The van der Waals surface area contributed by atoms with E-state index in [2.05, 4.69) is 21.7 Å². The summed E-state index contributed by atoms with van der Waals surface area (Å²) < 4.78 is 0. The molecule has 3 aromatic carbocycles. The number of hydrogen-bond acceptors (Lipinski definition) is 2. The lowest BCUT2D eigenvalue weighted by Crippen LogP contribution is -2.28. The highest BCUT2D eigenvalue weighted by Gasteiger charge is 2.27. The van der Waals surface area contributed by atoms with Crippen LogP contribution in [0.5, 0.6) is 0 Å². The van der Waals surface area contributed by atoms with Gasteiger partial charge >= 0.3 is 6.03 Å². The van der Waals surface area contributed by atoms with Gasteiger partial charge in [-0.05, 0) is 62.1 Å². The molecule has 5 rings (SSSR count). The number of hydrogen-bond donors (Lipinski definition) is 3. The Morgan fingerprint density at radius 1 is 0.853 bits per heavy atom. The van der Waals surface area contributed by atoms with Crippen LogP contribution < -0.4 is 10.6 Å². The number of likely N-dealkylation sites (tertiary alicyclic amines) is 1. The fraction of sp³-hybridized carbons (Fsp3) is 0.214. The molecule has 6 heteroatoms. The highest BCUT2D eigenvalue weighted by atomic mass is 16.2. The van der Waals surface area contributed by atoms with E-state index in [9.17, 15) is 9.59 Å². The van der Waals surface area contributed by atoms with Crippen LogP contribution in [0.25, 0.3) is 22.0 Å². The van der Waals surface area contributed by atoms with Gasteiger partial charge in [-0.1, -0.05) is 48.0 Å². The Morgan fingerprint density at radius 2 is 1.56 bits per heavy atom. The lowest BCUT2D eigenvalue weighted by Gasteiger charge is -2.15.